The van der Waals surface area contributed by atoms with Gasteiger partial charge in [0, 0.05) is 81.9 Å². The fourth-order valence-corrected chi connectivity index (χ4v) is 4.79. The fourth-order valence-electron chi connectivity index (χ4n) is 4.61. The predicted octanol–water partition coefficient (Wildman–Crippen LogP) is 1.17. The van der Waals surface area contributed by atoms with Crippen LogP contribution in [0.25, 0.3) is 0 Å². The molecule has 11 nitrogen and oxygen atoms in total. The zero-order valence-electron chi connectivity index (χ0n) is 23.0. The van der Waals surface area contributed by atoms with Gasteiger partial charge in [0.15, 0.2) is 0 Å². The molecule has 2 aromatic rings. The van der Waals surface area contributed by atoms with Gasteiger partial charge in [0.1, 0.15) is 5.69 Å². The standard InChI is InChI=1S/C29H35N7O4S/c1-3-23-16-24(4-2)30-27(17-23)19-34-9-13-35(20-28(37)32-40)12-8-33(10-14-36(15-11-34)21-29(38)39)18-25-6-5-7-26(22-41)31-25/h1-2,5-7,16-17,41H,8-15,18-22H2,(H,38,39). The molecule has 1 aliphatic rings. The van der Waals surface area contributed by atoms with Crippen LogP contribution in [0.1, 0.15) is 28.3 Å². The molecule has 41 heavy (non-hydrogen) atoms. The number of terminal acetylenes is 2. The quantitative estimate of drug-likeness (QED) is 0.255. The number of aromatic nitrogens is 2. The molecule has 0 atom stereocenters. The molecule has 0 saturated carbocycles. The number of carbonyl (C=O) groups is 2. The van der Waals surface area contributed by atoms with E-state index >= 15 is 0 Å². The number of amides is 1. The second-order valence-electron chi connectivity index (χ2n) is 9.78. The molecule has 3 heterocycles. The Labute approximate surface area is 246 Å². The molecule has 1 fully saturated rings. The Morgan fingerprint density at radius 3 is 1.93 bits per heavy atom. The first-order chi connectivity index (χ1) is 19.8. The van der Waals surface area contributed by atoms with Crippen LogP contribution in [-0.4, -0.2) is 112 Å². The van der Waals surface area contributed by atoms with Crippen LogP contribution in [0.15, 0.2) is 35.5 Å². The monoisotopic (exact) mass is 577 g/mol. The van der Waals surface area contributed by atoms with E-state index in [0.29, 0.717) is 88.2 Å². The molecular weight excluding hydrogens is 542 g/mol. The molecule has 12 heteroatoms. The van der Waals surface area contributed by atoms with Crippen molar-refractivity contribution in [3.8, 4) is 24.7 Å². The fraction of sp³-hybridized carbons (Fsp3) is 0.448. The van der Waals surface area contributed by atoms with Crippen LogP contribution in [-0.2, 0) is 28.4 Å². The molecular formula is C29H35N7O4S. The third kappa shape index (κ3) is 11.0. The first-order valence-electron chi connectivity index (χ1n) is 13.3. The largest absolute Gasteiger partial charge is 0.480 e. The van der Waals surface area contributed by atoms with Crippen molar-refractivity contribution in [1.82, 2.24) is 29.6 Å². The topological polar surface area (TPSA) is 123 Å². The number of pyridine rings is 2. The zero-order valence-corrected chi connectivity index (χ0v) is 23.9. The zero-order chi connectivity index (χ0) is 29.6. The lowest BCUT2D eigenvalue weighted by atomic mass is 10.2. The minimum absolute atomic E-state index is 0.0875. The van der Waals surface area contributed by atoms with Gasteiger partial charge in [-0.25, -0.2) is 4.98 Å². The summed E-state index contributed by atoms with van der Waals surface area (Å²) in [5.74, 6) is 4.03. The van der Waals surface area contributed by atoms with E-state index < -0.39 is 11.9 Å². The normalized spacial score (nSPS) is 16.6. The summed E-state index contributed by atoms with van der Waals surface area (Å²) in [6.07, 6.45) is 11.2. The van der Waals surface area contributed by atoms with Gasteiger partial charge in [0.05, 0.1) is 30.2 Å². The minimum Gasteiger partial charge on any atom is -0.480 e. The third-order valence-electron chi connectivity index (χ3n) is 6.74. The SMILES string of the molecule is C#Cc1cc(C#C)nc(CN2CCN(CC(=O)O)CCN(Cc3cccc(CS)n3)CCN(CC(=O)N=O)CC2)c1. The van der Waals surface area contributed by atoms with Gasteiger partial charge in [0.2, 0.25) is 0 Å². The van der Waals surface area contributed by atoms with Gasteiger partial charge in [-0.15, -0.1) is 17.8 Å². The Balaban J connectivity index is 1.82. The van der Waals surface area contributed by atoms with Crippen molar-refractivity contribution in [1.29, 1.82) is 0 Å². The molecule has 1 N–H and O–H groups in total. The lowest BCUT2D eigenvalue weighted by Gasteiger charge is -2.33. The number of carboxylic acids is 1. The number of hydrogen-bond donors (Lipinski definition) is 2. The summed E-state index contributed by atoms with van der Waals surface area (Å²) in [5, 5.41) is 12.2. The minimum atomic E-state index is -0.897. The molecule has 1 amide bonds. The van der Waals surface area contributed by atoms with Crippen LogP contribution in [0.3, 0.4) is 0 Å². The van der Waals surface area contributed by atoms with Crippen LogP contribution in [0.5, 0.6) is 0 Å². The maximum Gasteiger partial charge on any atom is 0.317 e. The molecule has 1 aliphatic heterocycles. The first kappa shape index (κ1) is 31.9. The van der Waals surface area contributed by atoms with E-state index in [2.05, 4.69) is 49.4 Å². The summed E-state index contributed by atoms with van der Waals surface area (Å²) in [7, 11) is 0. The van der Waals surface area contributed by atoms with Crippen molar-refractivity contribution in [2.75, 3.05) is 65.4 Å². The van der Waals surface area contributed by atoms with Gasteiger partial charge in [-0.3, -0.25) is 34.2 Å². The Kier molecular flexibility index (Phi) is 12.9. The summed E-state index contributed by atoms with van der Waals surface area (Å²) in [5.41, 5.74) is 3.52. The smallest absolute Gasteiger partial charge is 0.317 e. The van der Waals surface area contributed by atoms with E-state index in [-0.39, 0.29) is 13.1 Å². The Bertz CT molecular complexity index is 1260. The Hall–Kier alpha value is -3.65. The van der Waals surface area contributed by atoms with E-state index in [1.54, 1.807) is 12.1 Å². The number of nitroso groups, excluding NO2 is 1. The summed E-state index contributed by atoms with van der Waals surface area (Å²) < 4.78 is 0. The van der Waals surface area contributed by atoms with Crippen molar-refractivity contribution < 1.29 is 14.7 Å². The van der Waals surface area contributed by atoms with E-state index in [0.717, 1.165) is 11.4 Å². The average molecular weight is 578 g/mol. The van der Waals surface area contributed by atoms with Crippen LogP contribution >= 0.6 is 12.6 Å². The number of thiol groups is 1. The molecule has 0 spiro atoms. The third-order valence-corrected chi connectivity index (χ3v) is 7.06. The molecule has 0 aromatic carbocycles. The molecule has 3 rings (SSSR count). The maximum atomic E-state index is 12.0. The molecule has 0 radical (unpaired) electrons. The summed E-state index contributed by atoms with van der Waals surface area (Å²) >= 11 is 4.32. The number of carbonyl (C=O) groups excluding carboxylic acids is 1. The maximum absolute atomic E-state index is 12.0. The molecule has 1 saturated heterocycles. The van der Waals surface area contributed by atoms with Gasteiger partial charge in [-0.1, -0.05) is 17.9 Å². The summed E-state index contributed by atoms with van der Waals surface area (Å²) in [4.78, 5) is 51.9. The van der Waals surface area contributed by atoms with Crippen molar-refractivity contribution in [3.63, 3.8) is 0 Å². The second kappa shape index (κ2) is 16.6. The molecule has 0 bridgehead atoms. The lowest BCUT2D eigenvalue weighted by Crippen LogP contribution is -2.47. The highest BCUT2D eigenvalue weighted by Gasteiger charge is 2.20. The highest BCUT2D eigenvalue weighted by atomic mass is 32.1. The van der Waals surface area contributed by atoms with Crippen molar-refractivity contribution in [2.45, 2.75) is 18.8 Å². The van der Waals surface area contributed by atoms with Gasteiger partial charge in [-0.2, -0.15) is 12.6 Å². The van der Waals surface area contributed by atoms with Gasteiger partial charge >= 0.3 is 5.97 Å². The lowest BCUT2D eigenvalue weighted by molar-refractivity contribution is -0.138. The molecule has 0 aliphatic carbocycles. The predicted molar refractivity (Wildman–Crippen MR) is 159 cm³/mol. The van der Waals surface area contributed by atoms with Crippen LogP contribution in [0.2, 0.25) is 0 Å². The van der Waals surface area contributed by atoms with Gasteiger partial charge in [0.25, 0.3) is 5.91 Å². The van der Waals surface area contributed by atoms with E-state index in [1.165, 1.54) is 0 Å². The summed E-state index contributed by atoms with van der Waals surface area (Å²) in [6, 6.07) is 9.28. The second-order valence-corrected chi connectivity index (χ2v) is 10.1. The Morgan fingerprint density at radius 2 is 1.39 bits per heavy atom. The Morgan fingerprint density at radius 1 is 0.829 bits per heavy atom. The van der Waals surface area contributed by atoms with E-state index in [9.17, 15) is 19.6 Å². The number of aliphatic carboxylic acids is 1. The number of carboxylic acid groups (broad SMARTS) is 1. The van der Waals surface area contributed by atoms with Crippen molar-refractivity contribution in [3.05, 3.63) is 63.6 Å². The highest BCUT2D eigenvalue weighted by Crippen LogP contribution is 2.11. The van der Waals surface area contributed by atoms with E-state index in [4.69, 9.17) is 12.8 Å². The average Bonchev–Trinajstić information content (AvgIpc) is 2.97. The molecule has 2 aromatic heterocycles. The molecule has 0 unspecified atom stereocenters. The highest BCUT2D eigenvalue weighted by molar-refractivity contribution is 7.79. The van der Waals surface area contributed by atoms with Crippen molar-refractivity contribution in [2.24, 2.45) is 5.18 Å². The number of rotatable bonds is 9. The van der Waals surface area contributed by atoms with E-state index in [1.807, 2.05) is 28.0 Å². The van der Waals surface area contributed by atoms with Gasteiger partial charge < -0.3 is 5.11 Å². The van der Waals surface area contributed by atoms with Crippen LogP contribution in [0.4, 0.5) is 0 Å². The summed E-state index contributed by atoms with van der Waals surface area (Å²) in [6.45, 7) is 5.06. The first-order valence-corrected chi connectivity index (χ1v) is 13.9. The van der Waals surface area contributed by atoms with Crippen molar-refractivity contribution >= 4 is 24.5 Å². The number of hydrogen-bond acceptors (Lipinski definition) is 10. The van der Waals surface area contributed by atoms with Crippen LogP contribution in [0, 0.1) is 29.6 Å². The van der Waals surface area contributed by atoms with Crippen LogP contribution < -0.4 is 0 Å². The molecule has 216 valence electrons. The van der Waals surface area contributed by atoms with Gasteiger partial charge in [-0.05, 0) is 24.3 Å². The number of nitrogens with zero attached hydrogens (tertiary/aromatic N) is 7.